The lowest BCUT2D eigenvalue weighted by atomic mass is 9.91. The number of rotatable bonds is 9. The summed E-state index contributed by atoms with van der Waals surface area (Å²) in [5.74, 6) is -0.252. The first kappa shape index (κ1) is 31.0. The minimum Gasteiger partial charge on any atom is -0.388 e. The number of aromatic nitrogens is 2. The van der Waals surface area contributed by atoms with Crippen LogP contribution in [-0.2, 0) is 0 Å². The van der Waals surface area contributed by atoms with E-state index in [1.54, 1.807) is 13.0 Å². The monoisotopic (exact) mass is 618 g/mol. The summed E-state index contributed by atoms with van der Waals surface area (Å²) in [5, 5.41) is 21.9. The average molecular weight is 619 g/mol. The normalized spacial score (nSPS) is 10.8. The second kappa shape index (κ2) is 13.2. The van der Waals surface area contributed by atoms with Crippen molar-refractivity contribution in [1.29, 1.82) is 10.8 Å². The first-order valence-corrected chi connectivity index (χ1v) is 15.3. The van der Waals surface area contributed by atoms with Crippen LogP contribution < -0.4 is 10.6 Å². The highest BCUT2D eigenvalue weighted by Gasteiger charge is 2.17. The van der Waals surface area contributed by atoms with Crippen LogP contribution in [0.2, 0.25) is 0 Å². The Labute approximate surface area is 274 Å². The Morgan fingerprint density at radius 2 is 1.15 bits per heavy atom. The fraction of sp³-hybridized carbons (Fsp3) is 0.100. The highest BCUT2D eigenvalue weighted by atomic mass is 19.1. The maximum absolute atomic E-state index is 14.2. The summed E-state index contributed by atoms with van der Waals surface area (Å²) >= 11 is 0. The molecule has 232 valence electrons. The Kier molecular flexibility index (Phi) is 8.71. The molecule has 47 heavy (non-hydrogen) atoms. The van der Waals surface area contributed by atoms with E-state index in [9.17, 15) is 4.39 Å². The van der Waals surface area contributed by atoms with E-state index in [0.717, 1.165) is 84.0 Å². The number of anilines is 2. The predicted molar refractivity (Wildman–Crippen MR) is 194 cm³/mol. The van der Waals surface area contributed by atoms with E-state index in [1.807, 2.05) is 75.0 Å². The van der Waals surface area contributed by atoms with Crippen LogP contribution in [0.5, 0.6) is 0 Å². The molecule has 0 aliphatic carbocycles. The average Bonchev–Trinajstić information content (AvgIpc) is 3.11. The zero-order chi connectivity index (χ0) is 33.1. The van der Waals surface area contributed by atoms with Gasteiger partial charge in [0.15, 0.2) is 0 Å². The molecule has 0 amide bonds. The summed E-state index contributed by atoms with van der Waals surface area (Å²) in [7, 11) is 3.70. The van der Waals surface area contributed by atoms with E-state index in [4.69, 9.17) is 20.8 Å². The van der Waals surface area contributed by atoms with Gasteiger partial charge in [-0.15, -0.1) is 0 Å². The lowest BCUT2D eigenvalue weighted by Crippen LogP contribution is -1.98. The van der Waals surface area contributed by atoms with E-state index in [0.29, 0.717) is 5.56 Å². The van der Waals surface area contributed by atoms with E-state index < -0.39 is 0 Å². The van der Waals surface area contributed by atoms with Gasteiger partial charge in [0.1, 0.15) is 5.82 Å². The number of pyridine rings is 2. The van der Waals surface area contributed by atoms with Crippen molar-refractivity contribution in [2.75, 3.05) is 24.7 Å². The van der Waals surface area contributed by atoms with Gasteiger partial charge in [0.05, 0.1) is 11.4 Å². The van der Waals surface area contributed by atoms with Crippen molar-refractivity contribution >= 4 is 23.8 Å². The molecule has 2 aromatic heterocycles. The van der Waals surface area contributed by atoms with Crippen LogP contribution in [0.1, 0.15) is 22.3 Å². The fourth-order valence-electron chi connectivity index (χ4n) is 5.99. The quantitative estimate of drug-likeness (QED) is 0.121. The number of hydrogen-bond donors (Lipinski definition) is 4. The van der Waals surface area contributed by atoms with Crippen LogP contribution >= 0.6 is 0 Å². The van der Waals surface area contributed by atoms with Gasteiger partial charge < -0.3 is 21.5 Å². The fourth-order valence-corrected chi connectivity index (χ4v) is 5.99. The molecule has 7 heteroatoms. The SMILES string of the molecule is CNc1cc(-c2cccnc2-c2ccc(-c3cnc(-c4ccc(F)c(C)c4)c(-c4ccc(C=N)c(NC)c4)c3)c(C)c2)ccc1C=N. The van der Waals surface area contributed by atoms with Crippen molar-refractivity contribution in [1.82, 2.24) is 9.97 Å². The molecule has 6 nitrogen and oxygen atoms in total. The maximum atomic E-state index is 14.2. The Hall–Kier alpha value is -5.95. The molecule has 0 fully saturated rings. The zero-order valence-electron chi connectivity index (χ0n) is 26.7. The highest BCUT2D eigenvalue weighted by molar-refractivity contribution is 5.92. The summed E-state index contributed by atoms with van der Waals surface area (Å²) in [6.07, 6.45) is 6.36. The lowest BCUT2D eigenvalue weighted by Gasteiger charge is -2.16. The van der Waals surface area contributed by atoms with Gasteiger partial charge in [0, 0.05) is 89.2 Å². The number of hydrogen-bond acceptors (Lipinski definition) is 6. The van der Waals surface area contributed by atoms with Crippen molar-refractivity contribution in [3.05, 3.63) is 131 Å². The van der Waals surface area contributed by atoms with E-state index in [2.05, 4.69) is 47.9 Å². The topological polar surface area (TPSA) is 97.5 Å². The van der Waals surface area contributed by atoms with Gasteiger partial charge in [0.2, 0.25) is 0 Å². The smallest absolute Gasteiger partial charge is 0.126 e. The Bertz CT molecular complexity index is 2150. The van der Waals surface area contributed by atoms with Crippen molar-refractivity contribution < 1.29 is 4.39 Å². The van der Waals surface area contributed by atoms with Gasteiger partial charge in [-0.1, -0.05) is 42.5 Å². The van der Waals surface area contributed by atoms with Crippen LogP contribution in [0.25, 0.3) is 55.9 Å². The summed E-state index contributed by atoms with van der Waals surface area (Å²) in [5.41, 5.74) is 14.3. The second-order valence-electron chi connectivity index (χ2n) is 11.4. The molecule has 2 heterocycles. The summed E-state index contributed by atoms with van der Waals surface area (Å²) < 4.78 is 14.2. The predicted octanol–water partition coefficient (Wildman–Crippen LogP) is 9.65. The molecule has 0 unspecified atom stereocenters. The Balaban J connectivity index is 1.46. The van der Waals surface area contributed by atoms with Crippen molar-refractivity contribution in [2.24, 2.45) is 0 Å². The maximum Gasteiger partial charge on any atom is 0.126 e. The van der Waals surface area contributed by atoms with Gasteiger partial charge >= 0.3 is 0 Å². The third-order valence-electron chi connectivity index (χ3n) is 8.52. The first-order valence-electron chi connectivity index (χ1n) is 15.3. The molecule has 0 saturated heterocycles. The zero-order valence-corrected chi connectivity index (χ0v) is 26.7. The minimum absolute atomic E-state index is 0.252. The molecule has 0 aliphatic rings. The first-order chi connectivity index (χ1) is 22.8. The highest BCUT2D eigenvalue weighted by Crippen LogP contribution is 2.39. The molecule has 4 N–H and O–H groups in total. The third-order valence-corrected chi connectivity index (χ3v) is 8.52. The molecule has 0 spiro atoms. The van der Waals surface area contributed by atoms with Gasteiger partial charge in [0.25, 0.3) is 0 Å². The number of benzene rings is 4. The van der Waals surface area contributed by atoms with Crippen molar-refractivity contribution in [3.8, 4) is 55.9 Å². The molecular formula is C40H35FN6. The molecule has 6 aromatic rings. The minimum atomic E-state index is -0.252. The molecule has 0 radical (unpaired) electrons. The van der Waals surface area contributed by atoms with Crippen LogP contribution in [0, 0.1) is 30.5 Å². The van der Waals surface area contributed by atoms with Crippen LogP contribution in [-0.4, -0.2) is 36.5 Å². The standard InChI is InChI=1S/C40H35FN6/c1-24-16-28(39-34(6-5-15-46-39)26-7-9-30(21-42)37(19-26)44-3)11-13-33(24)32-18-35(27-8-10-31(22-43)38(20-27)45-4)40(47-23-32)29-12-14-36(41)25(2)17-29/h5-23,42-45H,1-4H3. The largest absolute Gasteiger partial charge is 0.388 e. The molecule has 4 aromatic carbocycles. The molecular weight excluding hydrogens is 583 g/mol. The van der Waals surface area contributed by atoms with Gasteiger partial charge in [-0.2, -0.15) is 0 Å². The molecule has 0 bridgehead atoms. The second-order valence-corrected chi connectivity index (χ2v) is 11.4. The van der Waals surface area contributed by atoms with Gasteiger partial charge in [-0.3, -0.25) is 9.97 Å². The number of halogens is 1. The van der Waals surface area contributed by atoms with Crippen LogP contribution in [0.4, 0.5) is 15.8 Å². The van der Waals surface area contributed by atoms with E-state index in [1.165, 1.54) is 18.5 Å². The molecule has 0 saturated carbocycles. The van der Waals surface area contributed by atoms with Crippen LogP contribution in [0.15, 0.2) is 103 Å². The number of nitrogens with zero attached hydrogens (tertiary/aromatic N) is 2. The summed E-state index contributed by atoms with van der Waals surface area (Å²) in [6.45, 7) is 3.85. The van der Waals surface area contributed by atoms with E-state index in [-0.39, 0.29) is 5.82 Å². The number of nitrogens with one attached hydrogen (secondary N) is 4. The van der Waals surface area contributed by atoms with Crippen molar-refractivity contribution in [3.63, 3.8) is 0 Å². The summed E-state index contributed by atoms with van der Waals surface area (Å²) in [6, 6.07) is 29.5. The number of aryl methyl sites for hydroxylation is 2. The Morgan fingerprint density at radius 1 is 0.574 bits per heavy atom. The molecule has 0 atom stereocenters. The Morgan fingerprint density at radius 3 is 1.74 bits per heavy atom. The van der Waals surface area contributed by atoms with E-state index >= 15 is 0 Å². The lowest BCUT2D eigenvalue weighted by molar-refractivity contribution is 0.619. The van der Waals surface area contributed by atoms with Gasteiger partial charge in [-0.25, -0.2) is 4.39 Å². The summed E-state index contributed by atoms with van der Waals surface area (Å²) in [4.78, 5) is 9.74. The van der Waals surface area contributed by atoms with Crippen LogP contribution in [0.3, 0.4) is 0 Å². The third kappa shape index (κ3) is 6.03. The van der Waals surface area contributed by atoms with Gasteiger partial charge in [-0.05, 0) is 90.2 Å². The van der Waals surface area contributed by atoms with Crippen molar-refractivity contribution in [2.45, 2.75) is 13.8 Å². The molecule has 6 rings (SSSR count). The molecule has 0 aliphatic heterocycles.